The maximum absolute atomic E-state index is 11.5. The summed E-state index contributed by atoms with van der Waals surface area (Å²) in [5.74, 6) is 0.509. The highest BCUT2D eigenvalue weighted by Gasteiger charge is 2.14. The number of ether oxygens (including phenoxy) is 2. The molecule has 0 radical (unpaired) electrons. The van der Waals surface area contributed by atoms with Gasteiger partial charge in [0.05, 0.1) is 13.1 Å². The maximum atomic E-state index is 11.5. The summed E-state index contributed by atoms with van der Waals surface area (Å²) >= 11 is 0. The molecule has 0 saturated carbocycles. The highest BCUT2D eigenvalue weighted by molar-refractivity contribution is 5.95. The van der Waals surface area contributed by atoms with Crippen molar-refractivity contribution in [3.63, 3.8) is 0 Å². The fraction of sp³-hybridized carbons (Fsp3) is 0.273. The van der Waals surface area contributed by atoms with Crippen LogP contribution in [0.25, 0.3) is 0 Å². The third-order valence-corrected chi connectivity index (χ3v) is 2.29. The smallest absolute Gasteiger partial charge is 0.243 e. The molecular formula is C11H13N3O4. The van der Waals surface area contributed by atoms with Crippen LogP contribution in [-0.4, -0.2) is 31.7 Å². The standard InChI is InChI=1S/C11H13N3O4/c12-4-10(15)13-5-11(16)14-7-1-2-8-9(3-7)18-6-17-8/h1-3H,4-6,12H2,(H,13,15)(H,14,16). The summed E-state index contributed by atoms with van der Waals surface area (Å²) in [6.45, 7) is -0.0823. The molecular weight excluding hydrogens is 238 g/mol. The molecule has 18 heavy (non-hydrogen) atoms. The zero-order valence-electron chi connectivity index (χ0n) is 9.56. The second-order valence-corrected chi connectivity index (χ2v) is 3.60. The van der Waals surface area contributed by atoms with Gasteiger partial charge in [-0.1, -0.05) is 0 Å². The van der Waals surface area contributed by atoms with Gasteiger partial charge in [0.15, 0.2) is 11.5 Å². The van der Waals surface area contributed by atoms with Crippen LogP contribution in [0.2, 0.25) is 0 Å². The van der Waals surface area contributed by atoms with Gasteiger partial charge < -0.3 is 25.8 Å². The van der Waals surface area contributed by atoms with E-state index in [-0.39, 0.29) is 31.7 Å². The van der Waals surface area contributed by atoms with Gasteiger partial charge in [-0.05, 0) is 12.1 Å². The number of carbonyl (C=O) groups excluding carboxylic acids is 2. The Hall–Kier alpha value is -2.28. The molecule has 2 rings (SSSR count). The molecule has 0 bridgehead atoms. The lowest BCUT2D eigenvalue weighted by Gasteiger charge is -2.06. The van der Waals surface area contributed by atoms with Crippen LogP contribution in [0.15, 0.2) is 18.2 Å². The number of anilines is 1. The van der Waals surface area contributed by atoms with Crippen molar-refractivity contribution in [2.75, 3.05) is 25.2 Å². The average Bonchev–Trinajstić information content (AvgIpc) is 2.83. The van der Waals surface area contributed by atoms with Gasteiger partial charge in [-0.2, -0.15) is 0 Å². The Morgan fingerprint density at radius 1 is 1.22 bits per heavy atom. The van der Waals surface area contributed by atoms with Gasteiger partial charge in [0.1, 0.15) is 0 Å². The van der Waals surface area contributed by atoms with Gasteiger partial charge in [0.25, 0.3) is 0 Å². The molecule has 0 atom stereocenters. The van der Waals surface area contributed by atoms with Gasteiger partial charge in [-0.25, -0.2) is 0 Å². The summed E-state index contributed by atoms with van der Waals surface area (Å²) in [5, 5.41) is 4.99. The fourth-order valence-corrected chi connectivity index (χ4v) is 1.43. The van der Waals surface area contributed by atoms with Crippen LogP contribution in [0.3, 0.4) is 0 Å². The van der Waals surface area contributed by atoms with E-state index < -0.39 is 0 Å². The monoisotopic (exact) mass is 251 g/mol. The molecule has 96 valence electrons. The quantitative estimate of drug-likeness (QED) is 0.665. The average molecular weight is 251 g/mol. The number of rotatable bonds is 4. The minimum Gasteiger partial charge on any atom is -0.454 e. The lowest BCUT2D eigenvalue weighted by atomic mass is 10.3. The molecule has 0 saturated heterocycles. The lowest BCUT2D eigenvalue weighted by Crippen LogP contribution is -2.36. The van der Waals surface area contributed by atoms with E-state index in [2.05, 4.69) is 10.6 Å². The maximum Gasteiger partial charge on any atom is 0.243 e. The number of amides is 2. The normalized spacial score (nSPS) is 12.1. The summed E-state index contributed by atoms with van der Waals surface area (Å²) in [7, 11) is 0. The van der Waals surface area contributed by atoms with E-state index in [9.17, 15) is 9.59 Å². The van der Waals surface area contributed by atoms with E-state index >= 15 is 0 Å². The molecule has 1 aromatic carbocycles. The Balaban J connectivity index is 1.89. The first-order valence-corrected chi connectivity index (χ1v) is 5.35. The van der Waals surface area contributed by atoms with Gasteiger partial charge in [-0.15, -0.1) is 0 Å². The van der Waals surface area contributed by atoms with Crippen molar-refractivity contribution in [2.24, 2.45) is 5.73 Å². The summed E-state index contributed by atoms with van der Waals surface area (Å²) in [5.41, 5.74) is 5.67. The lowest BCUT2D eigenvalue weighted by molar-refractivity contribution is -0.123. The summed E-state index contributed by atoms with van der Waals surface area (Å²) in [4.78, 5) is 22.4. The van der Waals surface area contributed by atoms with Crippen molar-refractivity contribution in [2.45, 2.75) is 0 Å². The first kappa shape index (κ1) is 12.2. The molecule has 2 amide bonds. The molecule has 0 spiro atoms. The van der Waals surface area contributed by atoms with Crippen LogP contribution in [0.1, 0.15) is 0 Å². The topological polar surface area (TPSA) is 103 Å². The van der Waals surface area contributed by atoms with Gasteiger partial charge >= 0.3 is 0 Å². The number of fused-ring (bicyclic) bond motifs is 1. The molecule has 1 aliphatic rings. The molecule has 1 aromatic rings. The van der Waals surface area contributed by atoms with E-state index in [1.807, 2.05) is 0 Å². The van der Waals surface area contributed by atoms with Crippen LogP contribution in [0.4, 0.5) is 5.69 Å². The predicted molar refractivity (Wildman–Crippen MR) is 63.3 cm³/mol. The molecule has 0 aliphatic carbocycles. The minimum absolute atomic E-state index is 0.121. The number of carbonyl (C=O) groups is 2. The first-order chi connectivity index (χ1) is 8.69. The Labute approximate surface area is 103 Å². The molecule has 7 nitrogen and oxygen atoms in total. The van der Waals surface area contributed by atoms with E-state index in [1.54, 1.807) is 18.2 Å². The Bertz CT molecular complexity index is 475. The third-order valence-electron chi connectivity index (χ3n) is 2.29. The van der Waals surface area contributed by atoms with E-state index in [0.29, 0.717) is 17.2 Å². The van der Waals surface area contributed by atoms with Crippen molar-refractivity contribution in [3.8, 4) is 11.5 Å². The molecule has 0 fully saturated rings. The van der Waals surface area contributed by atoms with Crippen LogP contribution >= 0.6 is 0 Å². The van der Waals surface area contributed by atoms with E-state index in [1.165, 1.54) is 0 Å². The number of hydrogen-bond acceptors (Lipinski definition) is 5. The SMILES string of the molecule is NCC(=O)NCC(=O)Nc1ccc2c(c1)OCO2. The van der Waals surface area contributed by atoms with Crippen LogP contribution in [0, 0.1) is 0 Å². The summed E-state index contributed by atoms with van der Waals surface area (Å²) < 4.78 is 10.3. The summed E-state index contributed by atoms with van der Waals surface area (Å²) in [6, 6.07) is 5.05. The zero-order chi connectivity index (χ0) is 13.0. The molecule has 4 N–H and O–H groups in total. The number of nitrogens with two attached hydrogens (primary N) is 1. The van der Waals surface area contributed by atoms with Gasteiger partial charge in [-0.3, -0.25) is 9.59 Å². The van der Waals surface area contributed by atoms with E-state index in [0.717, 1.165) is 0 Å². The van der Waals surface area contributed by atoms with Crippen LogP contribution in [0.5, 0.6) is 11.5 Å². The van der Waals surface area contributed by atoms with Gasteiger partial charge in [0, 0.05) is 11.8 Å². The second-order valence-electron chi connectivity index (χ2n) is 3.60. The Morgan fingerprint density at radius 2 is 2.00 bits per heavy atom. The largest absolute Gasteiger partial charge is 0.454 e. The van der Waals surface area contributed by atoms with Crippen LogP contribution in [-0.2, 0) is 9.59 Å². The first-order valence-electron chi connectivity index (χ1n) is 5.35. The van der Waals surface area contributed by atoms with Gasteiger partial charge in [0.2, 0.25) is 18.6 Å². The van der Waals surface area contributed by atoms with Crippen LogP contribution < -0.4 is 25.8 Å². The molecule has 1 aliphatic heterocycles. The second kappa shape index (κ2) is 5.37. The van der Waals surface area contributed by atoms with Crippen molar-refractivity contribution in [1.82, 2.24) is 5.32 Å². The van der Waals surface area contributed by atoms with Crippen molar-refractivity contribution < 1.29 is 19.1 Å². The molecule has 7 heteroatoms. The Kier molecular flexibility index (Phi) is 3.63. The predicted octanol–water partition coefficient (Wildman–Crippen LogP) is -0.571. The molecule has 0 unspecified atom stereocenters. The highest BCUT2D eigenvalue weighted by Crippen LogP contribution is 2.34. The fourth-order valence-electron chi connectivity index (χ4n) is 1.43. The molecule has 0 aromatic heterocycles. The van der Waals surface area contributed by atoms with Crippen molar-refractivity contribution >= 4 is 17.5 Å². The number of nitrogens with one attached hydrogen (secondary N) is 2. The number of hydrogen-bond donors (Lipinski definition) is 3. The summed E-state index contributed by atoms with van der Waals surface area (Å²) in [6.07, 6.45) is 0. The van der Waals surface area contributed by atoms with E-state index in [4.69, 9.17) is 15.2 Å². The highest BCUT2D eigenvalue weighted by atomic mass is 16.7. The van der Waals surface area contributed by atoms with Crippen molar-refractivity contribution in [1.29, 1.82) is 0 Å². The zero-order valence-corrected chi connectivity index (χ0v) is 9.56. The Morgan fingerprint density at radius 3 is 2.78 bits per heavy atom. The minimum atomic E-state index is -0.379. The molecule has 1 heterocycles. The van der Waals surface area contributed by atoms with Crippen molar-refractivity contribution in [3.05, 3.63) is 18.2 Å². The third kappa shape index (κ3) is 2.89. The number of benzene rings is 1.